The van der Waals surface area contributed by atoms with E-state index in [1.807, 2.05) is 22.6 Å². The Morgan fingerprint density at radius 1 is 1.33 bits per heavy atom. The lowest BCUT2D eigenvalue weighted by Gasteiger charge is -2.07. The van der Waals surface area contributed by atoms with E-state index in [0.29, 0.717) is 10.1 Å². The van der Waals surface area contributed by atoms with Crippen LogP contribution in [0.5, 0.6) is 0 Å². The molecule has 0 aliphatic rings. The van der Waals surface area contributed by atoms with Crippen molar-refractivity contribution in [2.24, 2.45) is 7.05 Å². The fourth-order valence-electron chi connectivity index (χ4n) is 1.40. The van der Waals surface area contributed by atoms with E-state index in [0.717, 1.165) is 19.3 Å². The average Bonchev–Trinajstić information content (AvgIpc) is 2.20. The highest BCUT2D eigenvalue weighted by atomic mass is 127. The van der Waals surface area contributed by atoms with Gasteiger partial charge in [-0.05, 0) is 29.0 Å². The minimum atomic E-state index is -0.225. The highest BCUT2D eigenvalue weighted by Gasteiger charge is 2.06. The molecule has 4 nitrogen and oxygen atoms in total. The van der Waals surface area contributed by atoms with Gasteiger partial charge in [0.25, 0.3) is 5.56 Å². The second kappa shape index (κ2) is 5.48. The van der Waals surface area contributed by atoms with Crippen molar-refractivity contribution in [3.05, 3.63) is 30.6 Å². The predicted molar refractivity (Wildman–Crippen MR) is 68.2 cm³/mol. The second-order valence-corrected chi connectivity index (χ2v) is 4.70. The molecule has 1 aromatic heterocycles. The van der Waals surface area contributed by atoms with Gasteiger partial charge in [0, 0.05) is 19.8 Å². The molecule has 0 N–H and O–H groups in total. The first-order chi connectivity index (χ1) is 7.07. The number of aryl methyl sites for hydroxylation is 1. The summed E-state index contributed by atoms with van der Waals surface area (Å²) in [4.78, 5) is 23.3. The van der Waals surface area contributed by atoms with E-state index >= 15 is 0 Å². The predicted octanol–water partition coefficient (Wildman–Crippen LogP) is 1.34. The van der Waals surface area contributed by atoms with Crippen LogP contribution in [0.15, 0.2) is 15.8 Å². The van der Waals surface area contributed by atoms with Gasteiger partial charge in [-0.15, -0.1) is 0 Å². The molecule has 1 heterocycles. The maximum atomic E-state index is 11.7. The Labute approximate surface area is 102 Å². The number of hydrogen-bond donors (Lipinski definition) is 0. The quantitative estimate of drug-likeness (QED) is 0.620. The molecule has 5 heteroatoms. The van der Waals surface area contributed by atoms with Crippen LogP contribution in [0.1, 0.15) is 26.2 Å². The third-order valence-electron chi connectivity index (χ3n) is 2.27. The summed E-state index contributed by atoms with van der Waals surface area (Å²) in [5.41, 5.74) is -0.397. The number of unbranched alkanes of at least 4 members (excludes halogenated alkanes) is 2. The highest BCUT2D eigenvalue weighted by molar-refractivity contribution is 14.1. The van der Waals surface area contributed by atoms with E-state index in [1.54, 1.807) is 13.2 Å². The van der Waals surface area contributed by atoms with E-state index in [4.69, 9.17) is 0 Å². The lowest BCUT2D eigenvalue weighted by molar-refractivity contribution is 0.539. The topological polar surface area (TPSA) is 44.0 Å². The third kappa shape index (κ3) is 2.93. The zero-order valence-electron chi connectivity index (χ0n) is 8.99. The minimum Gasteiger partial charge on any atom is -0.302 e. The van der Waals surface area contributed by atoms with Gasteiger partial charge in [0.05, 0.1) is 3.57 Å². The van der Waals surface area contributed by atoms with Gasteiger partial charge in [-0.3, -0.25) is 9.36 Å². The first-order valence-corrected chi connectivity index (χ1v) is 6.11. The van der Waals surface area contributed by atoms with Crippen molar-refractivity contribution in [2.75, 3.05) is 0 Å². The fourth-order valence-corrected chi connectivity index (χ4v) is 2.11. The summed E-state index contributed by atoms with van der Waals surface area (Å²) in [6.45, 7) is 2.62. The van der Waals surface area contributed by atoms with Gasteiger partial charge < -0.3 is 4.57 Å². The Morgan fingerprint density at radius 2 is 2.00 bits per heavy atom. The van der Waals surface area contributed by atoms with Gasteiger partial charge in [0.15, 0.2) is 0 Å². The Kier molecular flexibility index (Phi) is 4.56. The molecule has 84 valence electrons. The zero-order chi connectivity index (χ0) is 11.4. The molecule has 1 aromatic rings. The Balaban J connectivity index is 3.05. The molecule has 0 unspecified atom stereocenters. The van der Waals surface area contributed by atoms with Crippen LogP contribution in [0.4, 0.5) is 0 Å². The van der Waals surface area contributed by atoms with Gasteiger partial charge in [-0.1, -0.05) is 19.8 Å². The van der Waals surface area contributed by atoms with E-state index in [1.165, 1.54) is 9.13 Å². The second-order valence-electron chi connectivity index (χ2n) is 3.53. The molecule has 0 fully saturated rings. The van der Waals surface area contributed by atoms with Crippen LogP contribution >= 0.6 is 22.6 Å². The van der Waals surface area contributed by atoms with Crippen molar-refractivity contribution in [1.82, 2.24) is 9.13 Å². The average molecular weight is 322 g/mol. The Morgan fingerprint density at radius 3 is 2.60 bits per heavy atom. The lowest BCUT2D eigenvalue weighted by Crippen LogP contribution is -2.39. The van der Waals surface area contributed by atoms with Crippen molar-refractivity contribution in [1.29, 1.82) is 0 Å². The number of halogens is 1. The largest absolute Gasteiger partial charge is 0.330 e. The van der Waals surface area contributed by atoms with Gasteiger partial charge >= 0.3 is 5.69 Å². The SMILES string of the molecule is CCCCCn1c(=O)c(I)cn(C)c1=O. The van der Waals surface area contributed by atoms with E-state index in [-0.39, 0.29) is 11.2 Å². The van der Waals surface area contributed by atoms with Crippen molar-refractivity contribution < 1.29 is 0 Å². The van der Waals surface area contributed by atoms with Crippen LogP contribution < -0.4 is 11.2 Å². The van der Waals surface area contributed by atoms with Crippen LogP contribution in [0.3, 0.4) is 0 Å². The molecule has 15 heavy (non-hydrogen) atoms. The summed E-state index contributed by atoms with van der Waals surface area (Å²) < 4.78 is 3.36. The summed E-state index contributed by atoms with van der Waals surface area (Å²) in [6, 6.07) is 0. The maximum Gasteiger partial charge on any atom is 0.330 e. The van der Waals surface area contributed by atoms with Crippen LogP contribution in [-0.4, -0.2) is 9.13 Å². The number of hydrogen-bond acceptors (Lipinski definition) is 2. The first kappa shape index (κ1) is 12.5. The van der Waals surface area contributed by atoms with Crippen molar-refractivity contribution in [3.63, 3.8) is 0 Å². The summed E-state index contributed by atoms with van der Waals surface area (Å²) in [5, 5.41) is 0. The Hall–Kier alpha value is -0.590. The molecule has 0 saturated carbocycles. The highest BCUT2D eigenvalue weighted by Crippen LogP contribution is 1.97. The molecule has 0 aliphatic carbocycles. The molecule has 0 atom stereocenters. The smallest absolute Gasteiger partial charge is 0.302 e. The molecular weight excluding hydrogens is 307 g/mol. The van der Waals surface area contributed by atoms with Gasteiger partial charge in [0.2, 0.25) is 0 Å². The first-order valence-electron chi connectivity index (χ1n) is 5.04. The van der Waals surface area contributed by atoms with Crippen molar-refractivity contribution in [3.8, 4) is 0 Å². The molecule has 0 aliphatic heterocycles. The van der Waals surface area contributed by atoms with Crippen molar-refractivity contribution in [2.45, 2.75) is 32.7 Å². The molecule has 1 rings (SSSR count). The van der Waals surface area contributed by atoms with Gasteiger partial charge in [-0.25, -0.2) is 4.79 Å². The van der Waals surface area contributed by atoms with Gasteiger partial charge in [0.1, 0.15) is 0 Å². The zero-order valence-corrected chi connectivity index (χ0v) is 11.2. The molecule has 0 aromatic carbocycles. The van der Waals surface area contributed by atoms with Crippen molar-refractivity contribution >= 4 is 22.6 Å². The lowest BCUT2D eigenvalue weighted by atomic mass is 10.2. The summed E-state index contributed by atoms with van der Waals surface area (Å²) in [7, 11) is 1.67. The molecule has 0 spiro atoms. The monoisotopic (exact) mass is 322 g/mol. The van der Waals surface area contributed by atoms with Gasteiger partial charge in [-0.2, -0.15) is 0 Å². The third-order valence-corrected chi connectivity index (χ3v) is 3.01. The van der Waals surface area contributed by atoms with E-state index < -0.39 is 0 Å². The van der Waals surface area contributed by atoms with E-state index in [2.05, 4.69) is 6.92 Å². The van der Waals surface area contributed by atoms with Crippen LogP contribution in [0.25, 0.3) is 0 Å². The Bertz CT molecular complexity index is 413. The van der Waals surface area contributed by atoms with Crippen LogP contribution in [0, 0.1) is 3.57 Å². The van der Waals surface area contributed by atoms with Crippen LogP contribution in [0.2, 0.25) is 0 Å². The fraction of sp³-hybridized carbons (Fsp3) is 0.600. The standard InChI is InChI=1S/C10H15IN2O2/c1-3-4-5-6-13-9(14)8(11)7-12(2)10(13)15/h7H,3-6H2,1-2H3. The van der Waals surface area contributed by atoms with E-state index in [9.17, 15) is 9.59 Å². The molecular formula is C10H15IN2O2. The number of nitrogens with zero attached hydrogens (tertiary/aromatic N) is 2. The maximum absolute atomic E-state index is 11.7. The molecule has 0 radical (unpaired) electrons. The normalized spacial score (nSPS) is 10.6. The molecule has 0 amide bonds. The number of rotatable bonds is 4. The number of aromatic nitrogens is 2. The summed E-state index contributed by atoms with van der Waals surface area (Å²) >= 11 is 1.96. The minimum absolute atomic E-state index is 0.171. The molecule has 0 bridgehead atoms. The summed E-state index contributed by atoms with van der Waals surface area (Å²) in [5.74, 6) is 0. The van der Waals surface area contributed by atoms with Crippen LogP contribution in [-0.2, 0) is 13.6 Å². The summed E-state index contributed by atoms with van der Waals surface area (Å²) in [6.07, 6.45) is 4.58. The molecule has 0 saturated heterocycles.